The van der Waals surface area contributed by atoms with Crippen LogP contribution in [0.2, 0.25) is 0 Å². The third-order valence-corrected chi connectivity index (χ3v) is 5.20. The fraction of sp³-hybridized carbons (Fsp3) is 0.474. The lowest BCUT2D eigenvalue weighted by Crippen LogP contribution is -2.44. The van der Waals surface area contributed by atoms with Gasteiger partial charge in [-0.2, -0.15) is 0 Å². The summed E-state index contributed by atoms with van der Waals surface area (Å²) < 4.78 is 5.25. The lowest BCUT2D eigenvalue weighted by Gasteiger charge is -2.21. The zero-order valence-corrected chi connectivity index (χ0v) is 14.6. The van der Waals surface area contributed by atoms with Crippen molar-refractivity contribution in [1.82, 2.24) is 4.90 Å². The number of rotatable bonds is 5. The highest BCUT2D eigenvalue weighted by Crippen LogP contribution is 2.38. The number of carbonyl (C=O) groups is 4. The smallest absolute Gasteiger partial charge is 0.329 e. The van der Waals surface area contributed by atoms with Gasteiger partial charge in [-0.3, -0.25) is 19.3 Å². The molecule has 0 radical (unpaired) electrons. The Bertz CT molecular complexity index is 736. The second-order valence-corrected chi connectivity index (χ2v) is 6.89. The third kappa shape index (κ3) is 3.34. The molecule has 3 atom stereocenters. The molecule has 1 aromatic carbocycles. The third-order valence-electron chi connectivity index (χ3n) is 5.20. The van der Waals surface area contributed by atoms with Crippen LogP contribution in [0.25, 0.3) is 0 Å². The van der Waals surface area contributed by atoms with Crippen molar-refractivity contribution < 1.29 is 23.9 Å². The molecule has 1 aliphatic carbocycles. The van der Waals surface area contributed by atoms with Gasteiger partial charge in [-0.1, -0.05) is 25.0 Å². The van der Waals surface area contributed by atoms with E-state index in [0.29, 0.717) is 24.0 Å². The van der Waals surface area contributed by atoms with Crippen LogP contribution in [0.4, 0.5) is 0 Å². The second kappa shape index (κ2) is 7.27. The van der Waals surface area contributed by atoms with Gasteiger partial charge in [0.15, 0.2) is 0 Å². The molecule has 7 heteroatoms. The Morgan fingerprint density at radius 2 is 1.81 bits per heavy atom. The van der Waals surface area contributed by atoms with Crippen LogP contribution in [-0.4, -0.2) is 34.6 Å². The van der Waals surface area contributed by atoms with Crippen molar-refractivity contribution in [1.29, 1.82) is 0 Å². The molecule has 1 saturated heterocycles. The van der Waals surface area contributed by atoms with Crippen LogP contribution in [-0.2, 0) is 25.7 Å². The van der Waals surface area contributed by atoms with Gasteiger partial charge in [0.2, 0.25) is 17.7 Å². The lowest BCUT2D eigenvalue weighted by molar-refractivity contribution is -0.159. The fourth-order valence-corrected chi connectivity index (χ4v) is 3.76. The van der Waals surface area contributed by atoms with E-state index in [1.165, 1.54) is 6.92 Å². The number of imide groups is 1. The molecule has 2 aliphatic rings. The number of hydrogen-bond acceptors (Lipinski definition) is 5. The van der Waals surface area contributed by atoms with Crippen molar-refractivity contribution in [3.63, 3.8) is 0 Å². The molecular formula is C19H22N2O5. The van der Waals surface area contributed by atoms with Crippen LogP contribution < -0.4 is 5.73 Å². The molecule has 26 heavy (non-hydrogen) atoms. The van der Waals surface area contributed by atoms with Gasteiger partial charge in [0, 0.05) is 5.56 Å². The average molecular weight is 358 g/mol. The van der Waals surface area contributed by atoms with E-state index in [2.05, 4.69) is 0 Å². The van der Waals surface area contributed by atoms with Crippen molar-refractivity contribution in [3.8, 4) is 0 Å². The molecule has 0 spiro atoms. The zero-order chi connectivity index (χ0) is 18.8. The Morgan fingerprint density at radius 1 is 1.19 bits per heavy atom. The maximum absolute atomic E-state index is 12.5. The first-order valence-electron chi connectivity index (χ1n) is 8.82. The van der Waals surface area contributed by atoms with Gasteiger partial charge in [0.1, 0.15) is 12.6 Å². The molecule has 1 aliphatic heterocycles. The van der Waals surface area contributed by atoms with Crippen molar-refractivity contribution in [2.45, 2.75) is 45.3 Å². The molecule has 1 heterocycles. The summed E-state index contributed by atoms with van der Waals surface area (Å²) in [6.07, 6.45) is 3.27. The Morgan fingerprint density at radius 3 is 2.38 bits per heavy atom. The average Bonchev–Trinajstić information content (AvgIpc) is 2.90. The Labute approximate surface area is 151 Å². The number of nitrogens with two attached hydrogens (primary N) is 1. The molecule has 2 N–H and O–H groups in total. The number of ether oxygens (including phenoxy) is 1. The molecule has 2 fully saturated rings. The van der Waals surface area contributed by atoms with Crippen LogP contribution in [0.15, 0.2) is 24.3 Å². The van der Waals surface area contributed by atoms with Crippen LogP contribution in [0, 0.1) is 11.8 Å². The summed E-state index contributed by atoms with van der Waals surface area (Å²) in [5, 5.41) is 0. The van der Waals surface area contributed by atoms with E-state index in [1.54, 1.807) is 24.3 Å². The second-order valence-electron chi connectivity index (χ2n) is 6.89. The standard InChI is InChI=1S/C19H22N2O5/c1-11(21-17(23)14-7-2-3-8-15(14)18(21)24)19(25)26-10-12-5-4-6-13(9-12)16(20)22/h4-6,9,11,14-15H,2-3,7-8,10H2,1H3,(H2,20,22)/t11-,14?,15?/m0/s1. The van der Waals surface area contributed by atoms with E-state index < -0.39 is 17.9 Å². The normalized spacial score (nSPS) is 23.5. The molecule has 0 bridgehead atoms. The minimum atomic E-state index is -0.958. The first-order valence-corrected chi connectivity index (χ1v) is 8.82. The van der Waals surface area contributed by atoms with Crippen LogP contribution in [0.5, 0.6) is 0 Å². The number of benzene rings is 1. The number of fused-ring (bicyclic) bond motifs is 1. The van der Waals surface area contributed by atoms with Gasteiger partial charge >= 0.3 is 5.97 Å². The minimum absolute atomic E-state index is 0.0621. The van der Waals surface area contributed by atoms with Crippen LogP contribution >= 0.6 is 0 Å². The maximum Gasteiger partial charge on any atom is 0.329 e. The summed E-state index contributed by atoms with van der Waals surface area (Å²) in [7, 11) is 0. The zero-order valence-electron chi connectivity index (χ0n) is 14.6. The van der Waals surface area contributed by atoms with E-state index in [0.717, 1.165) is 17.7 Å². The van der Waals surface area contributed by atoms with Gasteiger partial charge < -0.3 is 10.5 Å². The van der Waals surface area contributed by atoms with Gasteiger partial charge in [-0.25, -0.2) is 4.79 Å². The largest absolute Gasteiger partial charge is 0.459 e. The predicted molar refractivity (Wildman–Crippen MR) is 91.5 cm³/mol. The van der Waals surface area contributed by atoms with Crippen molar-refractivity contribution in [2.24, 2.45) is 17.6 Å². The monoisotopic (exact) mass is 358 g/mol. The number of carbonyl (C=O) groups excluding carboxylic acids is 4. The number of amides is 3. The van der Waals surface area contributed by atoms with Crippen molar-refractivity contribution in [2.75, 3.05) is 0 Å². The molecule has 138 valence electrons. The molecule has 2 unspecified atom stereocenters. The molecule has 1 aromatic rings. The summed E-state index contributed by atoms with van der Waals surface area (Å²) in [6, 6.07) is 5.50. The van der Waals surface area contributed by atoms with Crippen molar-refractivity contribution in [3.05, 3.63) is 35.4 Å². The van der Waals surface area contributed by atoms with Crippen molar-refractivity contribution >= 4 is 23.7 Å². The SMILES string of the molecule is C[C@@H](C(=O)OCc1cccc(C(N)=O)c1)N1C(=O)C2CCCCC2C1=O. The van der Waals surface area contributed by atoms with Crippen LogP contribution in [0.1, 0.15) is 48.5 Å². The summed E-state index contributed by atoms with van der Waals surface area (Å²) in [4.78, 5) is 49.7. The van der Waals surface area contributed by atoms with E-state index in [4.69, 9.17) is 10.5 Å². The van der Waals surface area contributed by atoms with Gasteiger partial charge in [0.05, 0.1) is 11.8 Å². The van der Waals surface area contributed by atoms with Gasteiger partial charge in [-0.05, 0) is 37.5 Å². The number of likely N-dealkylation sites (tertiary alicyclic amines) is 1. The topological polar surface area (TPSA) is 107 Å². The highest BCUT2D eigenvalue weighted by atomic mass is 16.5. The minimum Gasteiger partial charge on any atom is -0.459 e. The first kappa shape index (κ1) is 18.1. The molecule has 7 nitrogen and oxygen atoms in total. The first-order chi connectivity index (χ1) is 12.4. The van der Waals surface area contributed by atoms with Gasteiger partial charge in [-0.15, -0.1) is 0 Å². The fourth-order valence-electron chi connectivity index (χ4n) is 3.76. The summed E-state index contributed by atoms with van der Waals surface area (Å²) in [5.41, 5.74) is 6.16. The highest BCUT2D eigenvalue weighted by Gasteiger charge is 2.51. The van der Waals surface area contributed by atoms with E-state index in [1.807, 2.05) is 0 Å². The number of primary amides is 1. The molecule has 3 amide bonds. The summed E-state index contributed by atoms with van der Waals surface area (Å²) in [5.74, 6) is -2.32. The van der Waals surface area contributed by atoms with E-state index in [9.17, 15) is 19.2 Å². The predicted octanol–water partition coefficient (Wildman–Crippen LogP) is 1.39. The van der Waals surface area contributed by atoms with Crippen LogP contribution in [0.3, 0.4) is 0 Å². The highest BCUT2D eigenvalue weighted by molar-refractivity contribution is 6.07. The molecule has 1 saturated carbocycles. The quantitative estimate of drug-likeness (QED) is 0.632. The lowest BCUT2D eigenvalue weighted by atomic mass is 9.81. The molecular weight excluding hydrogens is 336 g/mol. The number of hydrogen-bond donors (Lipinski definition) is 1. The van der Waals surface area contributed by atoms with E-state index >= 15 is 0 Å². The number of esters is 1. The Kier molecular flexibility index (Phi) is 5.06. The summed E-state index contributed by atoms with van der Waals surface area (Å²) >= 11 is 0. The van der Waals surface area contributed by atoms with E-state index in [-0.39, 0.29) is 30.3 Å². The summed E-state index contributed by atoms with van der Waals surface area (Å²) in [6.45, 7) is 1.45. The molecule has 0 aromatic heterocycles. The number of nitrogens with zero attached hydrogens (tertiary/aromatic N) is 1. The Hall–Kier alpha value is -2.70. The van der Waals surface area contributed by atoms with Gasteiger partial charge in [0.25, 0.3) is 0 Å². The Balaban J connectivity index is 1.64. The maximum atomic E-state index is 12.5. The molecule has 3 rings (SSSR count).